The molecule has 0 aliphatic carbocycles. The normalized spacial score (nSPS) is 10.9. The highest BCUT2D eigenvalue weighted by Crippen LogP contribution is 2.29. The first-order valence-corrected chi connectivity index (χ1v) is 9.62. The maximum Gasteiger partial charge on any atom is 0.173 e. The highest BCUT2D eigenvalue weighted by molar-refractivity contribution is 5.98. The van der Waals surface area contributed by atoms with Crippen LogP contribution in [-0.4, -0.2) is 16.0 Å². The number of hydrogen-bond acceptors (Lipinski definition) is 2. The Bertz CT molecular complexity index is 1210. The summed E-state index contributed by atoms with van der Waals surface area (Å²) in [7, 11) is 0. The van der Waals surface area contributed by atoms with Crippen LogP contribution in [0.15, 0.2) is 66.7 Å². The van der Waals surface area contributed by atoms with E-state index >= 15 is 0 Å². The third-order valence-corrected chi connectivity index (χ3v) is 5.11. The third kappa shape index (κ3) is 3.92. The summed E-state index contributed by atoms with van der Waals surface area (Å²) >= 11 is 0. The number of carbonyl (C=O) groups is 1. The van der Waals surface area contributed by atoms with E-state index in [0.717, 1.165) is 45.8 Å². The molecule has 0 amide bonds. The molecule has 0 aliphatic heterocycles. The van der Waals surface area contributed by atoms with Crippen LogP contribution < -0.4 is 0 Å². The number of carbonyl (C=O) groups excluding carboxylic acids is 1. The van der Waals surface area contributed by atoms with Crippen molar-refractivity contribution in [1.29, 1.82) is 0 Å². The quantitative estimate of drug-likeness (QED) is 0.412. The number of aromatic amines is 1. The van der Waals surface area contributed by atoms with Crippen LogP contribution in [0.25, 0.3) is 22.4 Å². The maximum absolute atomic E-state index is 13.8. The van der Waals surface area contributed by atoms with Crippen LogP contribution in [0.2, 0.25) is 0 Å². The molecule has 1 heterocycles. The molecule has 30 heavy (non-hydrogen) atoms. The molecule has 1 N–H and O–H groups in total. The number of H-pyrrole nitrogens is 1. The van der Waals surface area contributed by atoms with Gasteiger partial charge >= 0.3 is 0 Å². The van der Waals surface area contributed by atoms with Crippen molar-refractivity contribution in [1.82, 2.24) is 10.2 Å². The van der Waals surface area contributed by atoms with Gasteiger partial charge in [-0.1, -0.05) is 42.5 Å². The van der Waals surface area contributed by atoms with E-state index in [2.05, 4.69) is 16.3 Å². The van der Waals surface area contributed by atoms with Crippen LogP contribution >= 0.6 is 0 Å². The second kappa shape index (κ2) is 8.03. The molecular formula is C25H20F2N2O. The van der Waals surface area contributed by atoms with Crippen molar-refractivity contribution < 1.29 is 13.6 Å². The summed E-state index contributed by atoms with van der Waals surface area (Å²) in [6.45, 7) is 3.99. The van der Waals surface area contributed by atoms with Crippen molar-refractivity contribution >= 4 is 5.78 Å². The molecule has 0 bridgehead atoms. The van der Waals surface area contributed by atoms with Gasteiger partial charge in [0.15, 0.2) is 5.78 Å². The smallest absolute Gasteiger partial charge is 0.173 e. The number of nitrogens with one attached hydrogen (secondary N) is 1. The van der Waals surface area contributed by atoms with Crippen molar-refractivity contribution in [2.45, 2.75) is 20.3 Å². The molecular weight excluding hydrogens is 382 g/mol. The number of Topliss-reactive ketones (excluding diaryl/α,β-unsaturated/α-hetero) is 1. The zero-order chi connectivity index (χ0) is 21.3. The minimum absolute atomic E-state index is 0.0658. The first kappa shape index (κ1) is 19.7. The summed E-state index contributed by atoms with van der Waals surface area (Å²) < 4.78 is 27.7. The molecule has 5 heteroatoms. The molecule has 0 saturated heterocycles. The van der Waals surface area contributed by atoms with Crippen LogP contribution in [-0.2, 0) is 6.42 Å². The number of aromatic nitrogens is 2. The number of halogens is 2. The molecule has 0 aliphatic rings. The molecule has 4 rings (SSSR count). The lowest BCUT2D eigenvalue weighted by Crippen LogP contribution is -2.09. The van der Waals surface area contributed by atoms with Gasteiger partial charge < -0.3 is 0 Å². The maximum atomic E-state index is 13.8. The molecule has 1 aromatic heterocycles. The monoisotopic (exact) mass is 402 g/mol. The predicted molar refractivity (Wildman–Crippen MR) is 113 cm³/mol. The molecule has 3 aromatic carbocycles. The van der Waals surface area contributed by atoms with E-state index in [-0.39, 0.29) is 6.42 Å². The number of nitrogens with zero attached hydrogens (tertiary/aromatic N) is 1. The lowest BCUT2D eigenvalue weighted by atomic mass is 9.95. The van der Waals surface area contributed by atoms with Gasteiger partial charge in [-0.15, -0.1) is 0 Å². The Morgan fingerprint density at radius 3 is 2.20 bits per heavy atom. The third-order valence-electron chi connectivity index (χ3n) is 5.11. The minimum atomic E-state index is -0.835. The molecule has 0 saturated carbocycles. The van der Waals surface area contributed by atoms with Gasteiger partial charge in [0.1, 0.15) is 11.6 Å². The molecule has 3 nitrogen and oxygen atoms in total. The van der Waals surface area contributed by atoms with Gasteiger partial charge in [-0.3, -0.25) is 9.89 Å². The average molecular weight is 402 g/mol. The fraction of sp³-hybridized carbons (Fsp3) is 0.120. The number of rotatable bonds is 5. The van der Waals surface area contributed by atoms with E-state index in [9.17, 15) is 13.6 Å². The zero-order valence-electron chi connectivity index (χ0n) is 16.7. The van der Waals surface area contributed by atoms with Gasteiger partial charge in [0, 0.05) is 17.7 Å². The molecule has 0 unspecified atom stereocenters. The summed E-state index contributed by atoms with van der Waals surface area (Å²) in [5, 5.41) is 7.27. The van der Waals surface area contributed by atoms with Crippen LogP contribution in [0.5, 0.6) is 0 Å². The Morgan fingerprint density at radius 2 is 1.57 bits per heavy atom. The van der Waals surface area contributed by atoms with Gasteiger partial charge in [0.05, 0.1) is 11.3 Å². The van der Waals surface area contributed by atoms with Crippen molar-refractivity contribution in [2.75, 3.05) is 0 Å². The second-order valence-corrected chi connectivity index (χ2v) is 7.36. The van der Waals surface area contributed by atoms with E-state index < -0.39 is 23.0 Å². The van der Waals surface area contributed by atoms with Crippen LogP contribution in [0, 0.1) is 25.5 Å². The Labute approximate surface area is 173 Å². The number of hydrogen-bond donors (Lipinski definition) is 1. The highest BCUT2D eigenvalue weighted by atomic mass is 19.1. The molecule has 4 aromatic rings. The van der Waals surface area contributed by atoms with Crippen molar-refractivity contribution in [3.8, 4) is 22.4 Å². The largest absolute Gasteiger partial charge is 0.294 e. The van der Waals surface area contributed by atoms with Gasteiger partial charge in [0.2, 0.25) is 0 Å². The zero-order valence-corrected chi connectivity index (χ0v) is 16.7. The topological polar surface area (TPSA) is 45.8 Å². The first-order chi connectivity index (χ1) is 14.4. The second-order valence-electron chi connectivity index (χ2n) is 7.36. The van der Waals surface area contributed by atoms with Gasteiger partial charge in [0.25, 0.3) is 0 Å². The Balaban J connectivity index is 1.59. The summed E-state index contributed by atoms with van der Waals surface area (Å²) in [6.07, 6.45) is -0.0658. The van der Waals surface area contributed by atoms with E-state index in [0.29, 0.717) is 5.56 Å². The minimum Gasteiger partial charge on any atom is -0.294 e. The van der Waals surface area contributed by atoms with Crippen LogP contribution in [0.4, 0.5) is 8.78 Å². The highest BCUT2D eigenvalue weighted by Gasteiger charge is 2.17. The number of ketones is 1. The Hall–Kier alpha value is -3.60. The van der Waals surface area contributed by atoms with E-state index in [1.165, 1.54) is 6.07 Å². The fourth-order valence-electron chi connectivity index (χ4n) is 3.50. The molecule has 0 spiro atoms. The Kier molecular flexibility index (Phi) is 5.27. The summed E-state index contributed by atoms with van der Waals surface area (Å²) in [5.74, 6) is -2.25. The lowest BCUT2D eigenvalue weighted by Gasteiger charge is -2.10. The van der Waals surface area contributed by atoms with Crippen molar-refractivity contribution in [3.05, 3.63) is 101 Å². The van der Waals surface area contributed by atoms with Gasteiger partial charge in [-0.25, -0.2) is 8.78 Å². The van der Waals surface area contributed by atoms with Crippen LogP contribution in [0.3, 0.4) is 0 Å². The van der Waals surface area contributed by atoms with Crippen molar-refractivity contribution in [2.24, 2.45) is 0 Å². The lowest BCUT2D eigenvalue weighted by molar-refractivity contribution is 0.0985. The number of benzene rings is 3. The van der Waals surface area contributed by atoms with Gasteiger partial charge in [-0.05, 0) is 60.4 Å². The van der Waals surface area contributed by atoms with Crippen LogP contribution in [0.1, 0.15) is 27.2 Å². The molecule has 150 valence electrons. The summed E-state index contributed by atoms with van der Waals surface area (Å²) in [5.41, 5.74) is 6.26. The van der Waals surface area contributed by atoms with E-state index in [1.54, 1.807) is 0 Å². The fourth-order valence-corrected chi connectivity index (χ4v) is 3.50. The predicted octanol–water partition coefficient (Wildman–Crippen LogP) is 6.06. The SMILES string of the molecule is Cc1cc(-c2ccc(C)c(-c3ccc(CC(=O)c4c(F)cccc4F)cc3)c2)n[nH]1. The Morgan fingerprint density at radius 1 is 0.900 bits per heavy atom. The molecule has 0 fully saturated rings. The average Bonchev–Trinajstić information content (AvgIpc) is 3.15. The summed E-state index contributed by atoms with van der Waals surface area (Å²) in [6, 6.07) is 19.1. The van der Waals surface area contributed by atoms with E-state index in [1.807, 2.05) is 56.3 Å². The molecule has 0 atom stereocenters. The van der Waals surface area contributed by atoms with E-state index in [4.69, 9.17) is 0 Å². The standard InChI is InChI=1S/C25H20F2N2O/c1-15-6-9-19(23-12-16(2)28-29-23)14-20(15)18-10-7-17(8-11-18)13-24(30)25-21(26)4-3-5-22(25)27/h3-12,14H,13H2,1-2H3,(H,28,29). The number of aryl methyl sites for hydroxylation is 2. The molecule has 0 radical (unpaired) electrons. The summed E-state index contributed by atoms with van der Waals surface area (Å²) in [4.78, 5) is 12.4. The van der Waals surface area contributed by atoms with Gasteiger partial charge in [-0.2, -0.15) is 5.10 Å². The van der Waals surface area contributed by atoms with Crippen molar-refractivity contribution in [3.63, 3.8) is 0 Å². The first-order valence-electron chi connectivity index (χ1n) is 9.62.